The standard InChI is InChI=1S/C15H15ClN2O3/c16-12-6-5-11(3-2-8-19)13(9-12)17-14(20)10-18-7-1-4-15(18)21/h5-6,9,19H,1,4,7-8,10H2,(H,17,20). The first-order valence-electron chi connectivity index (χ1n) is 6.57. The molecule has 110 valence electrons. The zero-order chi connectivity index (χ0) is 15.2. The van der Waals surface area contributed by atoms with Gasteiger partial charge in [0, 0.05) is 23.6 Å². The first kappa shape index (κ1) is 15.4. The number of rotatable bonds is 3. The number of carbonyl (C=O) groups is 2. The lowest BCUT2D eigenvalue weighted by Crippen LogP contribution is -2.34. The van der Waals surface area contributed by atoms with Crippen LogP contribution in [-0.4, -0.2) is 41.5 Å². The lowest BCUT2D eigenvalue weighted by atomic mass is 10.2. The van der Waals surface area contributed by atoms with E-state index >= 15 is 0 Å². The van der Waals surface area contributed by atoms with E-state index in [9.17, 15) is 9.59 Å². The van der Waals surface area contributed by atoms with Gasteiger partial charge in [0.25, 0.3) is 0 Å². The van der Waals surface area contributed by atoms with E-state index in [2.05, 4.69) is 17.2 Å². The largest absolute Gasteiger partial charge is 0.384 e. The minimum absolute atomic E-state index is 0.00320. The van der Waals surface area contributed by atoms with Crippen LogP contribution in [0.5, 0.6) is 0 Å². The van der Waals surface area contributed by atoms with Gasteiger partial charge in [-0.05, 0) is 24.6 Å². The molecule has 0 aromatic heterocycles. The van der Waals surface area contributed by atoms with Crippen LogP contribution in [0.3, 0.4) is 0 Å². The quantitative estimate of drug-likeness (QED) is 0.826. The number of likely N-dealkylation sites (tertiary alicyclic amines) is 1. The van der Waals surface area contributed by atoms with Gasteiger partial charge in [0.2, 0.25) is 11.8 Å². The summed E-state index contributed by atoms with van der Waals surface area (Å²) in [6.07, 6.45) is 1.29. The van der Waals surface area contributed by atoms with Crippen LogP contribution in [0.1, 0.15) is 18.4 Å². The van der Waals surface area contributed by atoms with Crippen molar-refractivity contribution in [3.8, 4) is 11.8 Å². The number of nitrogens with one attached hydrogen (secondary N) is 1. The maximum atomic E-state index is 12.0. The highest BCUT2D eigenvalue weighted by molar-refractivity contribution is 6.31. The summed E-state index contributed by atoms with van der Waals surface area (Å²) < 4.78 is 0. The molecule has 0 atom stereocenters. The van der Waals surface area contributed by atoms with Crippen molar-refractivity contribution in [3.05, 3.63) is 28.8 Å². The molecule has 1 saturated heterocycles. The Morgan fingerprint density at radius 3 is 2.95 bits per heavy atom. The highest BCUT2D eigenvalue weighted by Crippen LogP contribution is 2.20. The Morgan fingerprint density at radius 1 is 1.48 bits per heavy atom. The van der Waals surface area contributed by atoms with Gasteiger partial charge in [0.15, 0.2) is 0 Å². The highest BCUT2D eigenvalue weighted by atomic mass is 35.5. The molecule has 0 saturated carbocycles. The van der Waals surface area contributed by atoms with Crippen molar-refractivity contribution in [2.24, 2.45) is 0 Å². The van der Waals surface area contributed by atoms with E-state index in [1.165, 1.54) is 4.90 Å². The Balaban J connectivity index is 2.09. The lowest BCUT2D eigenvalue weighted by Gasteiger charge is -2.15. The maximum absolute atomic E-state index is 12.0. The van der Waals surface area contributed by atoms with Crippen LogP contribution in [0.15, 0.2) is 18.2 Å². The summed E-state index contributed by atoms with van der Waals surface area (Å²) in [7, 11) is 0. The Bertz CT molecular complexity index is 619. The summed E-state index contributed by atoms with van der Waals surface area (Å²) in [5, 5.41) is 11.9. The van der Waals surface area contributed by atoms with E-state index in [1.807, 2.05) is 0 Å². The molecule has 21 heavy (non-hydrogen) atoms. The van der Waals surface area contributed by atoms with E-state index in [4.69, 9.17) is 16.7 Å². The van der Waals surface area contributed by atoms with Gasteiger partial charge in [-0.2, -0.15) is 0 Å². The van der Waals surface area contributed by atoms with Gasteiger partial charge in [-0.15, -0.1) is 0 Å². The number of benzene rings is 1. The molecule has 1 fully saturated rings. The second-order valence-electron chi connectivity index (χ2n) is 4.62. The van der Waals surface area contributed by atoms with E-state index in [0.717, 1.165) is 6.42 Å². The predicted molar refractivity (Wildman–Crippen MR) is 79.9 cm³/mol. The van der Waals surface area contributed by atoms with Crippen LogP contribution in [0.2, 0.25) is 5.02 Å². The molecule has 0 spiro atoms. The average Bonchev–Trinajstić information content (AvgIpc) is 2.83. The molecule has 0 radical (unpaired) electrons. The fourth-order valence-corrected chi connectivity index (χ4v) is 2.27. The third-order valence-corrected chi connectivity index (χ3v) is 3.30. The fourth-order valence-electron chi connectivity index (χ4n) is 2.10. The topological polar surface area (TPSA) is 69.6 Å². The van der Waals surface area contributed by atoms with Crippen molar-refractivity contribution in [1.82, 2.24) is 4.90 Å². The normalized spacial score (nSPS) is 13.8. The van der Waals surface area contributed by atoms with Gasteiger partial charge in [-0.25, -0.2) is 0 Å². The summed E-state index contributed by atoms with van der Waals surface area (Å²) in [4.78, 5) is 25.0. The van der Waals surface area contributed by atoms with Crippen molar-refractivity contribution in [2.45, 2.75) is 12.8 Å². The first-order valence-corrected chi connectivity index (χ1v) is 6.95. The summed E-state index contributed by atoms with van der Waals surface area (Å²) in [5.41, 5.74) is 1.04. The first-order chi connectivity index (χ1) is 10.1. The third-order valence-electron chi connectivity index (χ3n) is 3.06. The number of carbonyl (C=O) groups excluding carboxylic acids is 2. The SMILES string of the molecule is O=C(CN1CCCC1=O)Nc1cc(Cl)ccc1C#CCO. The molecule has 0 aliphatic carbocycles. The van der Waals surface area contributed by atoms with Crippen molar-refractivity contribution in [2.75, 3.05) is 25.0 Å². The predicted octanol–water partition coefficient (Wildman–Crippen LogP) is 1.24. The molecule has 1 aromatic rings. The Morgan fingerprint density at radius 2 is 2.29 bits per heavy atom. The third kappa shape index (κ3) is 4.22. The number of hydrogen-bond acceptors (Lipinski definition) is 3. The molecule has 0 bridgehead atoms. The van der Waals surface area contributed by atoms with Crippen molar-refractivity contribution in [3.63, 3.8) is 0 Å². The second-order valence-corrected chi connectivity index (χ2v) is 5.05. The average molecular weight is 307 g/mol. The van der Waals surface area contributed by atoms with Gasteiger partial charge in [-0.1, -0.05) is 23.4 Å². The lowest BCUT2D eigenvalue weighted by molar-refractivity contribution is -0.131. The fraction of sp³-hybridized carbons (Fsp3) is 0.333. The zero-order valence-corrected chi connectivity index (χ0v) is 12.1. The Hall–Kier alpha value is -2.03. The van der Waals surface area contributed by atoms with Crippen molar-refractivity contribution < 1.29 is 14.7 Å². The molecule has 2 rings (SSSR count). The zero-order valence-electron chi connectivity index (χ0n) is 11.4. The molecule has 2 N–H and O–H groups in total. The molecule has 6 heteroatoms. The van der Waals surface area contributed by atoms with E-state index in [0.29, 0.717) is 29.2 Å². The summed E-state index contributed by atoms with van der Waals surface area (Å²) in [6, 6.07) is 4.91. The van der Waals surface area contributed by atoms with Gasteiger partial charge in [0.1, 0.15) is 6.61 Å². The van der Waals surface area contributed by atoms with Crippen molar-refractivity contribution >= 4 is 29.1 Å². The molecular formula is C15H15ClN2O3. The minimum atomic E-state index is -0.292. The van der Waals surface area contributed by atoms with Gasteiger partial charge < -0.3 is 15.3 Å². The minimum Gasteiger partial charge on any atom is -0.384 e. The van der Waals surface area contributed by atoms with Crippen LogP contribution in [0, 0.1) is 11.8 Å². The molecular weight excluding hydrogens is 292 g/mol. The van der Waals surface area contributed by atoms with Crippen LogP contribution in [0.25, 0.3) is 0 Å². The molecule has 1 aliphatic heterocycles. The molecule has 2 amide bonds. The van der Waals surface area contributed by atoms with Gasteiger partial charge in [0.05, 0.1) is 12.2 Å². The molecule has 5 nitrogen and oxygen atoms in total. The number of nitrogens with zero attached hydrogens (tertiary/aromatic N) is 1. The Labute approximate surface area is 127 Å². The number of anilines is 1. The van der Waals surface area contributed by atoms with Crippen LogP contribution < -0.4 is 5.32 Å². The summed E-state index contributed by atoms with van der Waals surface area (Å²) >= 11 is 5.91. The summed E-state index contributed by atoms with van der Waals surface area (Å²) in [5.74, 6) is 4.97. The molecule has 0 unspecified atom stereocenters. The number of amides is 2. The number of aliphatic hydroxyl groups is 1. The van der Waals surface area contributed by atoms with Crippen LogP contribution >= 0.6 is 11.6 Å². The van der Waals surface area contributed by atoms with Crippen LogP contribution in [-0.2, 0) is 9.59 Å². The smallest absolute Gasteiger partial charge is 0.244 e. The van der Waals surface area contributed by atoms with Gasteiger partial charge in [-0.3, -0.25) is 9.59 Å². The van der Waals surface area contributed by atoms with Crippen LogP contribution in [0.4, 0.5) is 5.69 Å². The second kappa shape index (κ2) is 7.11. The number of halogens is 1. The number of hydrogen-bond donors (Lipinski definition) is 2. The molecule has 1 aliphatic rings. The summed E-state index contributed by atoms with van der Waals surface area (Å²) in [6.45, 7) is 0.371. The van der Waals surface area contributed by atoms with E-state index in [1.54, 1.807) is 18.2 Å². The molecule has 1 heterocycles. The maximum Gasteiger partial charge on any atom is 0.244 e. The Kier molecular flexibility index (Phi) is 5.20. The monoisotopic (exact) mass is 306 g/mol. The van der Waals surface area contributed by atoms with Gasteiger partial charge >= 0.3 is 0 Å². The van der Waals surface area contributed by atoms with E-state index in [-0.39, 0.29) is 25.0 Å². The van der Waals surface area contributed by atoms with Crippen molar-refractivity contribution in [1.29, 1.82) is 0 Å². The highest BCUT2D eigenvalue weighted by Gasteiger charge is 2.22. The number of aliphatic hydroxyl groups excluding tert-OH is 1. The molecule has 1 aromatic carbocycles. The van der Waals surface area contributed by atoms with E-state index < -0.39 is 0 Å².